The Kier molecular flexibility index (Phi) is 5.89. The third-order valence-electron chi connectivity index (χ3n) is 2.79. The molecule has 0 bridgehead atoms. The van der Waals surface area contributed by atoms with Crippen LogP contribution >= 0.6 is 0 Å². The standard InChI is InChI=1S/C14H19F2NO2/c1-9(2)7-12(14(18)19)17-8-10-3-5-11(6-4-10)13(15)16/h3-6,9,12-13,17H,7-8H2,1-2H3,(H,18,19). The third kappa shape index (κ3) is 5.34. The molecule has 0 spiro atoms. The van der Waals surface area contributed by atoms with E-state index in [0.29, 0.717) is 13.0 Å². The van der Waals surface area contributed by atoms with Crippen molar-refractivity contribution >= 4 is 5.97 Å². The first-order valence-electron chi connectivity index (χ1n) is 6.23. The molecule has 1 aromatic carbocycles. The average molecular weight is 271 g/mol. The smallest absolute Gasteiger partial charge is 0.320 e. The molecule has 0 heterocycles. The van der Waals surface area contributed by atoms with Gasteiger partial charge in [-0.1, -0.05) is 38.1 Å². The van der Waals surface area contributed by atoms with E-state index in [1.165, 1.54) is 12.1 Å². The van der Waals surface area contributed by atoms with E-state index >= 15 is 0 Å². The predicted molar refractivity (Wildman–Crippen MR) is 69.1 cm³/mol. The van der Waals surface area contributed by atoms with Crippen LogP contribution in [0.4, 0.5) is 8.78 Å². The van der Waals surface area contributed by atoms with Crippen molar-refractivity contribution in [1.29, 1.82) is 0 Å². The van der Waals surface area contributed by atoms with Crippen LogP contribution in [-0.2, 0) is 11.3 Å². The van der Waals surface area contributed by atoms with Crippen molar-refractivity contribution in [2.45, 2.75) is 39.3 Å². The lowest BCUT2D eigenvalue weighted by atomic mass is 10.0. The largest absolute Gasteiger partial charge is 0.480 e. The minimum atomic E-state index is -2.48. The molecule has 1 aromatic rings. The monoisotopic (exact) mass is 271 g/mol. The van der Waals surface area contributed by atoms with Crippen molar-refractivity contribution in [2.75, 3.05) is 0 Å². The summed E-state index contributed by atoms with van der Waals surface area (Å²) in [7, 11) is 0. The number of carboxylic acids is 1. The summed E-state index contributed by atoms with van der Waals surface area (Å²) in [5.41, 5.74) is 0.764. The topological polar surface area (TPSA) is 49.3 Å². The van der Waals surface area contributed by atoms with Gasteiger partial charge in [0.15, 0.2) is 0 Å². The fourth-order valence-corrected chi connectivity index (χ4v) is 1.76. The average Bonchev–Trinajstić information content (AvgIpc) is 2.34. The lowest BCUT2D eigenvalue weighted by molar-refractivity contribution is -0.140. The van der Waals surface area contributed by atoms with E-state index in [4.69, 9.17) is 5.11 Å². The Morgan fingerprint density at radius 2 is 1.84 bits per heavy atom. The normalized spacial score (nSPS) is 12.9. The minimum absolute atomic E-state index is 0.0271. The van der Waals surface area contributed by atoms with Gasteiger partial charge in [0, 0.05) is 12.1 Å². The molecular weight excluding hydrogens is 252 g/mol. The zero-order valence-electron chi connectivity index (χ0n) is 11.1. The quantitative estimate of drug-likeness (QED) is 0.800. The lowest BCUT2D eigenvalue weighted by Gasteiger charge is -2.16. The van der Waals surface area contributed by atoms with Gasteiger partial charge in [0.05, 0.1) is 0 Å². The highest BCUT2D eigenvalue weighted by atomic mass is 19.3. The molecule has 0 radical (unpaired) electrons. The molecule has 0 amide bonds. The van der Waals surface area contributed by atoms with Crippen LogP contribution in [0.15, 0.2) is 24.3 Å². The van der Waals surface area contributed by atoms with Crippen molar-refractivity contribution in [3.05, 3.63) is 35.4 Å². The van der Waals surface area contributed by atoms with Gasteiger partial charge in [-0.05, 0) is 17.9 Å². The molecule has 0 aliphatic heterocycles. The first-order chi connectivity index (χ1) is 8.90. The maximum atomic E-state index is 12.4. The van der Waals surface area contributed by atoms with Crippen LogP contribution in [0.3, 0.4) is 0 Å². The third-order valence-corrected chi connectivity index (χ3v) is 2.79. The Balaban J connectivity index is 2.56. The van der Waals surface area contributed by atoms with Gasteiger partial charge in [0.2, 0.25) is 0 Å². The molecule has 1 rings (SSSR count). The number of carbonyl (C=O) groups is 1. The predicted octanol–water partition coefficient (Wildman–Crippen LogP) is 3.21. The van der Waals surface area contributed by atoms with Gasteiger partial charge in [-0.15, -0.1) is 0 Å². The van der Waals surface area contributed by atoms with E-state index in [2.05, 4.69) is 5.32 Å². The SMILES string of the molecule is CC(C)CC(NCc1ccc(C(F)F)cc1)C(=O)O. The number of carboxylic acid groups (broad SMARTS) is 1. The first-order valence-corrected chi connectivity index (χ1v) is 6.23. The van der Waals surface area contributed by atoms with Crippen molar-refractivity contribution in [3.63, 3.8) is 0 Å². The molecule has 0 saturated carbocycles. The van der Waals surface area contributed by atoms with Gasteiger partial charge in [-0.2, -0.15) is 0 Å². The van der Waals surface area contributed by atoms with Gasteiger partial charge >= 0.3 is 5.97 Å². The van der Waals surface area contributed by atoms with Gasteiger partial charge in [-0.3, -0.25) is 4.79 Å². The summed E-state index contributed by atoms with van der Waals surface area (Å²) in [6, 6.07) is 5.28. The molecule has 5 heteroatoms. The molecule has 3 nitrogen and oxygen atoms in total. The molecule has 106 valence electrons. The van der Waals surface area contributed by atoms with Crippen molar-refractivity contribution in [2.24, 2.45) is 5.92 Å². The van der Waals surface area contributed by atoms with Crippen LogP contribution in [-0.4, -0.2) is 17.1 Å². The molecule has 0 aliphatic carbocycles. The van der Waals surface area contributed by atoms with E-state index in [9.17, 15) is 13.6 Å². The molecule has 0 saturated heterocycles. The summed E-state index contributed by atoms with van der Waals surface area (Å²) in [6.07, 6.45) is -1.94. The van der Waals surface area contributed by atoms with E-state index in [1.807, 2.05) is 13.8 Å². The number of hydrogen-bond donors (Lipinski definition) is 2. The van der Waals surface area contributed by atoms with E-state index in [-0.39, 0.29) is 11.5 Å². The van der Waals surface area contributed by atoms with Crippen LogP contribution in [0.1, 0.15) is 37.8 Å². The van der Waals surface area contributed by atoms with Crippen molar-refractivity contribution < 1.29 is 18.7 Å². The molecular formula is C14H19F2NO2. The van der Waals surface area contributed by atoms with Crippen LogP contribution in [0.2, 0.25) is 0 Å². The molecule has 2 N–H and O–H groups in total. The number of rotatable bonds is 7. The fourth-order valence-electron chi connectivity index (χ4n) is 1.76. The van der Waals surface area contributed by atoms with E-state index in [0.717, 1.165) is 5.56 Å². The van der Waals surface area contributed by atoms with Gasteiger partial charge in [-0.25, -0.2) is 8.78 Å². The summed E-state index contributed by atoms with van der Waals surface area (Å²) in [5.74, 6) is -0.618. The highest BCUT2D eigenvalue weighted by molar-refractivity contribution is 5.73. The lowest BCUT2D eigenvalue weighted by Crippen LogP contribution is -2.37. The number of halogens is 2. The summed E-state index contributed by atoms with van der Waals surface area (Å²) < 4.78 is 24.7. The van der Waals surface area contributed by atoms with Gasteiger partial charge in [0.25, 0.3) is 6.43 Å². The van der Waals surface area contributed by atoms with E-state index < -0.39 is 18.4 Å². The number of aliphatic carboxylic acids is 1. The Hall–Kier alpha value is -1.49. The molecule has 19 heavy (non-hydrogen) atoms. The maximum Gasteiger partial charge on any atom is 0.320 e. The Morgan fingerprint density at radius 1 is 1.26 bits per heavy atom. The zero-order valence-corrected chi connectivity index (χ0v) is 11.1. The van der Waals surface area contributed by atoms with Crippen LogP contribution in [0, 0.1) is 5.92 Å². The number of alkyl halides is 2. The second-order valence-electron chi connectivity index (χ2n) is 4.94. The summed E-state index contributed by atoms with van der Waals surface area (Å²) in [4.78, 5) is 11.0. The Morgan fingerprint density at radius 3 is 2.26 bits per heavy atom. The Bertz CT molecular complexity index is 404. The number of benzene rings is 1. The minimum Gasteiger partial charge on any atom is -0.480 e. The van der Waals surface area contributed by atoms with Crippen LogP contribution in [0.5, 0.6) is 0 Å². The van der Waals surface area contributed by atoms with Crippen molar-refractivity contribution in [1.82, 2.24) is 5.32 Å². The van der Waals surface area contributed by atoms with Gasteiger partial charge < -0.3 is 10.4 Å². The molecule has 1 unspecified atom stereocenters. The zero-order chi connectivity index (χ0) is 14.4. The molecule has 0 fully saturated rings. The molecule has 0 aromatic heterocycles. The highest BCUT2D eigenvalue weighted by Gasteiger charge is 2.17. The molecule has 0 aliphatic rings. The van der Waals surface area contributed by atoms with E-state index in [1.54, 1.807) is 12.1 Å². The molecule has 1 atom stereocenters. The van der Waals surface area contributed by atoms with Crippen LogP contribution in [0.25, 0.3) is 0 Å². The summed E-state index contributed by atoms with van der Waals surface area (Å²) >= 11 is 0. The van der Waals surface area contributed by atoms with Gasteiger partial charge in [0.1, 0.15) is 6.04 Å². The number of hydrogen-bond acceptors (Lipinski definition) is 2. The van der Waals surface area contributed by atoms with Crippen LogP contribution < -0.4 is 5.32 Å². The Labute approximate surface area is 111 Å². The van der Waals surface area contributed by atoms with Crippen molar-refractivity contribution in [3.8, 4) is 0 Å². The second kappa shape index (κ2) is 7.19. The maximum absolute atomic E-state index is 12.4. The summed E-state index contributed by atoms with van der Waals surface area (Å²) in [6.45, 7) is 4.26. The number of nitrogens with one attached hydrogen (secondary N) is 1. The second-order valence-corrected chi connectivity index (χ2v) is 4.94. The highest BCUT2D eigenvalue weighted by Crippen LogP contribution is 2.18. The fraction of sp³-hybridized carbons (Fsp3) is 0.500. The first kappa shape index (κ1) is 15.6. The summed E-state index contributed by atoms with van der Waals surface area (Å²) in [5, 5.41) is 12.0.